The van der Waals surface area contributed by atoms with Crippen molar-refractivity contribution in [2.45, 2.75) is 19.5 Å². The quantitative estimate of drug-likeness (QED) is 0.276. The second kappa shape index (κ2) is 6.60. The number of thiocarbonyl (C=S) groups is 1. The van der Waals surface area contributed by atoms with Crippen LogP contribution in [-0.4, -0.2) is 41.5 Å². The molecule has 5 nitrogen and oxygen atoms in total. The molecule has 0 aliphatic carbocycles. The Hall–Kier alpha value is -2.81. The van der Waals surface area contributed by atoms with E-state index in [1.54, 1.807) is 18.4 Å². The van der Waals surface area contributed by atoms with Gasteiger partial charge in [0, 0.05) is 29.1 Å². The van der Waals surface area contributed by atoms with Crippen LogP contribution in [0.3, 0.4) is 0 Å². The molecule has 2 aliphatic rings. The first kappa shape index (κ1) is 19.8. The van der Waals surface area contributed by atoms with E-state index in [0.29, 0.717) is 6.42 Å². The Balaban J connectivity index is 1.54. The highest BCUT2D eigenvalue weighted by atomic mass is 32.1. The number of thiophene rings is 1. The van der Waals surface area contributed by atoms with E-state index >= 15 is 0 Å². The predicted molar refractivity (Wildman–Crippen MR) is 136 cm³/mol. The van der Waals surface area contributed by atoms with Crippen molar-refractivity contribution in [1.29, 1.82) is 0 Å². The van der Waals surface area contributed by atoms with Crippen LogP contribution in [0.5, 0.6) is 0 Å². The van der Waals surface area contributed by atoms with Crippen LogP contribution in [0.25, 0.3) is 26.8 Å². The second-order valence-corrected chi connectivity index (χ2v) is 14.9. The minimum atomic E-state index is -1.96. The standard InChI is InChI=1S/C24H21N3O2S2Si/c1-26-22(29)16(21(28)25-24(26)30)11-13-12-19-23(31-13)27-17-9-5-4-7-14(17)15-8-6-10-18(20(15)27)32(19,2)3/h4-10,12,16H,11H2,1-3H3,(H,25,28,30). The number of hydrogen-bond donors (Lipinski definition) is 1. The van der Waals surface area contributed by atoms with Gasteiger partial charge in [0.15, 0.2) is 5.11 Å². The minimum Gasteiger partial charge on any atom is -0.302 e. The third-order valence-electron chi connectivity index (χ3n) is 6.89. The molecule has 0 radical (unpaired) electrons. The van der Waals surface area contributed by atoms with E-state index in [0.717, 1.165) is 4.88 Å². The summed E-state index contributed by atoms with van der Waals surface area (Å²) in [6, 6.07) is 17.4. The van der Waals surface area contributed by atoms with Crippen LogP contribution in [0, 0.1) is 5.92 Å². The average Bonchev–Trinajstić information content (AvgIpc) is 3.34. The Labute approximate surface area is 195 Å². The molecule has 2 aromatic carbocycles. The minimum absolute atomic E-state index is 0.173. The molecule has 8 heteroatoms. The van der Waals surface area contributed by atoms with Gasteiger partial charge >= 0.3 is 0 Å². The molecule has 2 aliphatic heterocycles. The number of nitrogens with zero attached hydrogens (tertiary/aromatic N) is 2. The number of benzene rings is 2. The topological polar surface area (TPSA) is 54.3 Å². The number of hydrogen-bond acceptors (Lipinski definition) is 4. The average molecular weight is 476 g/mol. The van der Waals surface area contributed by atoms with E-state index in [-0.39, 0.29) is 16.9 Å². The number of carbonyl (C=O) groups excluding carboxylic acids is 2. The van der Waals surface area contributed by atoms with Crippen molar-refractivity contribution in [3.05, 3.63) is 53.4 Å². The third-order valence-corrected chi connectivity index (χ3v) is 12.1. The van der Waals surface area contributed by atoms with Crippen molar-refractivity contribution in [3.63, 3.8) is 0 Å². The molecule has 6 rings (SSSR count). The van der Waals surface area contributed by atoms with Crippen molar-refractivity contribution in [1.82, 2.24) is 14.8 Å². The van der Waals surface area contributed by atoms with E-state index in [4.69, 9.17) is 12.2 Å². The molecular formula is C24H21N3O2S2Si. The molecule has 1 unspecified atom stereocenters. The summed E-state index contributed by atoms with van der Waals surface area (Å²) >= 11 is 6.80. The van der Waals surface area contributed by atoms with Gasteiger partial charge in [-0.05, 0) is 34.7 Å². The maximum atomic E-state index is 12.8. The van der Waals surface area contributed by atoms with Gasteiger partial charge in [0.05, 0.1) is 16.0 Å². The van der Waals surface area contributed by atoms with E-state index < -0.39 is 14.0 Å². The second-order valence-electron chi connectivity index (χ2n) is 9.06. The van der Waals surface area contributed by atoms with Crippen molar-refractivity contribution < 1.29 is 9.59 Å². The molecule has 0 bridgehead atoms. The molecule has 1 N–H and O–H groups in total. The van der Waals surface area contributed by atoms with Gasteiger partial charge in [-0.1, -0.05) is 49.5 Å². The Morgan fingerprint density at radius 3 is 2.62 bits per heavy atom. The zero-order valence-electron chi connectivity index (χ0n) is 17.9. The number of amides is 2. The number of carbonyl (C=O) groups is 2. The normalized spacial score (nSPS) is 19.5. The first-order valence-corrected chi connectivity index (χ1v) is 14.8. The number of aromatic nitrogens is 1. The van der Waals surface area contributed by atoms with Crippen LogP contribution in [0.2, 0.25) is 13.1 Å². The lowest BCUT2D eigenvalue weighted by molar-refractivity contribution is -0.140. The fourth-order valence-electron chi connectivity index (χ4n) is 5.13. The fourth-order valence-corrected chi connectivity index (χ4v) is 10.3. The monoisotopic (exact) mass is 475 g/mol. The summed E-state index contributed by atoms with van der Waals surface area (Å²) in [5.74, 6) is -1.29. The lowest BCUT2D eigenvalue weighted by Crippen LogP contribution is -2.57. The molecule has 32 heavy (non-hydrogen) atoms. The van der Waals surface area contributed by atoms with Crippen molar-refractivity contribution in [2.24, 2.45) is 5.92 Å². The van der Waals surface area contributed by atoms with Gasteiger partial charge < -0.3 is 9.88 Å². The smallest absolute Gasteiger partial charge is 0.241 e. The summed E-state index contributed by atoms with van der Waals surface area (Å²) in [5.41, 5.74) is 2.51. The van der Waals surface area contributed by atoms with Gasteiger partial charge in [-0.15, -0.1) is 11.3 Å². The number of rotatable bonds is 2. The van der Waals surface area contributed by atoms with Crippen LogP contribution in [0.1, 0.15) is 4.88 Å². The summed E-state index contributed by atoms with van der Waals surface area (Å²) in [7, 11) is -0.339. The van der Waals surface area contributed by atoms with Gasteiger partial charge in [-0.3, -0.25) is 14.5 Å². The summed E-state index contributed by atoms with van der Waals surface area (Å²) in [6.45, 7) is 4.78. The Morgan fingerprint density at radius 2 is 1.81 bits per heavy atom. The van der Waals surface area contributed by atoms with Gasteiger partial charge in [0.25, 0.3) is 0 Å². The Kier molecular flexibility index (Phi) is 4.09. The molecule has 0 spiro atoms. The van der Waals surface area contributed by atoms with Gasteiger partial charge in [0.1, 0.15) is 14.0 Å². The molecule has 4 aromatic rings. The van der Waals surface area contributed by atoms with Crippen molar-refractivity contribution in [2.75, 3.05) is 7.05 Å². The van der Waals surface area contributed by atoms with Crippen molar-refractivity contribution >= 4 is 80.7 Å². The van der Waals surface area contributed by atoms with Crippen LogP contribution < -0.4 is 15.7 Å². The Bertz CT molecular complexity index is 1500. The molecule has 1 fully saturated rings. The molecule has 2 amide bonds. The molecule has 1 atom stereocenters. The zero-order chi connectivity index (χ0) is 22.4. The molecule has 0 saturated carbocycles. The number of para-hydroxylation sites is 2. The van der Waals surface area contributed by atoms with E-state index in [1.807, 2.05) is 0 Å². The van der Waals surface area contributed by atoms with Crippen LogP contribution in [-0.2, 0) is 16.0 Å². The van der Waals surface area contributed by atoms with Gasteiger partial charge in [0.2, 0.25) is 11.8 Å². The van der Waals surface area contributed by atoms with Crippen LogP contribution in [0.4, 0.5) is 0 Å². The molecule has 2 aromatic heterocycles. The van der Waals surface area contributed by atoms with Crippen molar-refractivity contribution in [3.8, 4) is 5.00 Å². The largest absolute Gasteiger partial charge is 0.302 e. The van der Waals surface area contributed by atoms with E-state index in [1.165, 1.54) is 42.1 Å². The van der Waals surface area contributed by atoms with Crippen LogP contribution in [0.15, 0.2) is 48.5 Å². The van der Waals surface area contributed by atoms with E-state index in [2.05, 4.69) is 71.5 Å². The summed E-state index contributed by atoms with van der Waals surface area (Å²) in [5, 5.41) is 9.41. The third kappa shape index (κ3) is 2.51. The lowest BCUT2D eigenvalue weighted by Gasteiger charge is -2.30. The molecular weight excluding hydrogens is 455 g/mol. The SMILES string of the molecule is CN1C(=O)C(Cc2cc3c(s2)-n2c4ccccc4c4cccc(c42)[Si]3(C)C)C(=O)NC1=S. The number of nitrogens with one attached hydrogen (secondary N) is 1. The number of fused-ring (bicyclic) bond motifs is 5. The highest BCUT2D eigenvalue weighted by Gasteiger charge is 2.40. The maximum absolute atomic E-state index is 12.8. The molecule has 160 valence electrons. The van der Waals surface area contributed by atoms with Gasteiger partial charge in [-0.2, -0.15) is 0 Å². The first-order chi connectivity index (χ1) is 15.3. The fraction of sp³-hybridized carbons (Fsp3) is 0.208. The first-order valence-electron chi connectivity index (χ1n) is 10.6. The molecule has 1 saturated heterocycles. The van der Waals surface area contributed by atoms with Crippen LogP contribution >= 0.6 is 23.6 Å². The lowest BCUT2D eigenvalue weighted by atomic mass is 10.0. The highest BCUT2D eigenvalue weighted by Crippen LogP contribution is 2.38. The Morgan fingerprint density at radius 1 is 1.06 bits per heavy atom. The molecule has 4 heterocycles. The summed E-state index contributed by atoms with van der Waals surface area (Å²) < 4.78 is 2.39. The zero-order valence-corrected chi connectivity index (χ0v) is 20.6. The summed E-state index contributed by atoms with van der Waals surface area (Å²) in [6.07, 6.45) is 0.387. The summed E-state index contributed by atoms with van der Waals surface area (Å²) in [4.78, 5) is 27.8. The van der Waals surface area contributed by atoms with Gasteiger partial charge in [-0.25, -0.2) is 0 Å². The van der Waals surface area contributed by atoms with E-state index in [9.17, 15) is 9.59 Å². The highest BCUT2D eigenvalue weighted by molar-refractivity contribution is 7.80. The predicted octanol–water partition coefficient (Wildman–Crippen LogP) is 3.01. The maximum Gasteiger partial charge on any atom is 0.241 e.